The number of ether oxygens (including phenoxy) is 1. The van der Waals surface area contributed by atoms with E-state index in [4.69, 9.17) is 27.9 Å². The van der Waals surface area contributed by atoms with E-state index in [2.05, 4.69) is 16.5 Å². The predicted molar refractivity (Wildman–Crippen MR) is 110 cm³/mol. The molecular weight excluding hydrogens is 397 g/mol. The molecule has 28 heavy (non-hydrogen) atoms. The molecule has 1 unspecified atom stereocenters. The number of benzene rings is 2. The van der Waals surface area contributed by atoms with Crippen molar-refractivity contribution in [3.8, 4) is 0 Å². The molecule has 2 heterocycles. The number of anilines is 1. The molecule has 0 saturated carbocycles. The zero-order chi connectivity index (χ0) is 19.5. The summed E-state index contributed by atoms with van der Waals surface area (Å²) < 4.78 is 7.52. The van der Waals surface area contributed by atoms with Gasteiger partial charge >= 0.3 is 0 Å². The van der Waals surface area contributed by atoms with Crippen LogP contribution in [0, 0.1) is 0 Å². The van der Waals surface area contributed by atoms with Crippen LogP contribution in [0.15, 0.2) is 54.7 Å². The molecule has 0 spiro atoms. The fourth-order valence-electron chi connectivity index (χ4n) is 3.40. The summed E-state index contributed by atoms with van der Waals surface area (Å²) in [7, 11) is 0. The molecule has 0 saturated heterocycles. The molecule has 7 heteroatoms. The topological polar surface area (TPSA) is 56.1 Å². The van der Waals surface area contributed by atoms with E-state index in [-0.39, 0.29) is 18.4 Å². The molecule has 0 radical (unpaired) electrons. The highest BCUT2D eigenvalue weighted by molar-refractivity contribution is 6.42. The Morgan fingerprint density at radius 1 is 1.18 bits per heavy atom. The Kier molecular flexibility index (Phi) is 5.67. The number of hydrogen-bond acceptors (Lipinski definition) is 3. The summed E-state index contributed by atoms with van der Waals surface area (Å²) >= 11 is 12.4. The molecule has 144 valence electrons. The zero-order valence-corrected chi connectivity index (χ0v) is 16.6. The molecule has 0 bridgehead atoms. The first-order valence-electron chi connectivity index (χ1n) is 9.06. The van der Waals surface area contributed by atoms with Crippen LogP contribution in [-0.4, -0.2) is 22.3 Å². The maximum atomic E-state index is 12.6. The van der Waals surface area contributed by atoms with Crippen molar-refractivity contribution in [1.82, 2.24) is 9.78 Å². The molecule has 1 N–H and O–H groups in total. The quantitative estimate of drug-likeness (QED) is 0.645. The highest BCUT2D eigenvalue weighted by Crippen LogP contribution is 2.30. The Hall–Kier alpha value is -2.34. The third-order valence-corrected chi connectivity index (χ3v) is 5.66. The maximum absolute atomic E-state index is 12.6. The molecule has 1 atom stereocenters. The first-order valence-corrected chi connectivity index (χ1v) is 9.81. The third kappa shape index (κ3) is 4.07. The van der Waals surface area contributed by atoms with E-state index < -0.39 is 0 Å². The fraction of sp³-hybridized carbons (Fsp3) is 0.238. The van der Waals surface area contributed by atoms with Gasteiger partial charge in [-0.1, -0.05) is 59.6 Å². The predicted octanol–water partition coefficient (Wildman–Crippen LogP) is 4.88. The first kappa shape index (κ1) is 19.0. The highest BCUT2D eigenvalue weighted by atomic mass is 35.5. The Morgan fingerprint density at radius 3 is 2.93 bits per heavy atom. The summed E-state index contributed by atoms with van der Waals surface area (Å²) in [5.41, 5.74) is 3.16. The van der Waals surface area contributed by atoms with E-state index in [1.807, 2.05) is 30.3 Å². The van der Waals surface area contributed by atoms with Crippen molar-refractivity contribution in [3.05, 3.63) is 81.5 Å². The molecule has 1 amide bonds. The van der Waals surface area contributed by atoms with Gasteiger partial charge in [0.15, 0.2) is 0 Å². The molecule has 1 aromatic heterocycles. The van der Waals surface area contributed by atoms with E-state index in [0.29, 0.717) is 29.0 Å². The summed E-state index contributed by atoms with van der Waals surface area (Å²) in [4.78, 5) is 12.6. The summed E-state index contributed by atoms with van der Waals surface area (Å²) in [5.74, 6) is 0.478. The van der Waals surface area contributed by atoms with Crippen LogP contribution in [0.5, 0.6) is 0 Å². The highest BCUT2D eigenvalue weighted by Gasteiger charge is 2.23. The summed E-state index contributed by atoms with van der Waals surface area (Å²) in [6, 6.07) is 15.3. The van der Waals surface area contributed by atoms with Gasteiger partial charge in [0.1, 0.15) is 5.82 Å². The van der Waals surface area contributed by atoms with Crippen molar-refractivity contribution in [3.63, 3.8) is 0 Å². The normalized spacial score (nSPS) is 15.9. The van der Waals surface area contributed by atoms with Gasteiger partial charge < -0.3 is 10.1 Å². The average Bonchev–Trinajstić information content (AvgIpc) is 3.12. The number of rotatable bonds is 5. The van der Waals surface area contributed by atoms with E-state index in [1.165, 1.54) is 5.56 Å². The van der Waals surface area contributed by atoms with Crippen LogP contribution >= 0.6 is 23.2 Å². The van der Waals surface area contributed by atoms with Crippen LogP contribution in [-0.2, 0) is 22.5 Å². The first-order chi connectivity index (χ1) is 13.6. The molecule has 2 aromatic carbocycles. The standard InChI is InChI=1S/C21H19Cl2N3O2/c22-17-7-3-5-15(21(17)23)13-26-19(8-10-24-26)25-20(27)12-18-16-6-2-1-4-14(16)9-11-28-18/h1-8,10,18H,9,11-13H2,(H,25,27). The summed E-state index contributed by atoms with van der Waals surface area (Å²) in [6.45, 7) is 1.03. The van der Waals surface area contributed by atoms with Crippen molar-refractivity contribution < 1.29 is 9.53 Å². The minimum absolute atomic E-state index is 0.124. The molecule has 0 aliphatic carbocycles. The number of nitrogens with zero attached hydrogens (tertiary/aromatic N) is 2. The number of fused-ring (bicyclic) bond motifs is 1. The van der Waals surface area contributed by atoms with Crippen molar-refractivity contribution in [2.24, 2.45) is 0 Å². The van der Waals surface area contributed by atoms with Gasteiger partial charge in [0.05, 0.1) is 41.9 Å². The lowest BCUT2D eigenvalue weighted by Gasteiger charge is -2.25. The zero-order valence-electron chi connectivity index (χ0n) is 15.1. The fourth-order valence-corrected chi connectivity index (χ4v) is 3.78. The minimum Gasteiger partial charge on any atom is -0.373 e. The van der Waals surface area contributed by atoms with Gasteiger partial charge in [0.25, 0.3) is 0 Å². The largest absolute Gasteiger partial charge is 0.373 e. The SMILES string of the molecule is O=C(CC1OCCc2ccccc21)Nc1ccnn1Cc1cccc(Cl)c1Cl. The second kappa shape index (κ2) is 8.35. The minimum atomic E-state index is -0.233. The molecule has 4 rings (SSSR count). The lowest BCUT2D eigenvalue weighted by atomic mass is 9.96. The lowest BCUT2D eigenvalue weighted by molar-refractivity contribution is -0.119. The van der Waals surface area contributed by atoms with Gasteiger partial charge in [-0.3, -0.25) is 4.79 Å². The van der Waals surface area contributed by atoms with Gasteiger partial charge in [-0.25, -0.2) is 4.68 Å². The number of carbonyl (C=O) groups excluding carboxylic acids is 1. The van der Waals surface area contributed by atoms with Crippen LogP contribution in [0.4, 0.5) is 5.82 Å². The maximum Gasteiger partial charge on any atom is 0.228 e. The van der Waals surface area contributed by atoms with Crippen LogP contribution in [0.3, 0.4) is 0 Å². The van der Waals surface area contributed by atoms with Crippen molar-refractivity contribution in [2.75, 3.05) is 11.9 Å². The number of amides is 1. The van der Waals surface area contributed by atoms with Gasteiger partial charge in [-0.2, -0.15) is 5.10 Å². The van der Waals surface area contributed by atoms with Crippen LogP contribution in [0.1, 0.15) is 29.2 Å². The van der Waals surface area contributed by atoms with E-state index in [9.17, 15) is 4.79 Å². The Morgan fingerprint density at radius 2 is 2.04 bits per heavy atom. The Labute approximate surface area is 173 Å². The van der Waals surface area contributed by atoms with Crippen molar-refractivity contribution >= 4 is 34.9 Å². The second-order valence-electron chi connectivity index (χ2n) is 6.65. The van der Waals surface area contributed by atoms with Crippen LogP contribution in [0.2, 0.25) is 10.0 Å². The summed E-state index contributed by atoms with van der Waals surface area (Å²) in [6.07, 6.45) is 2.53. The van der Waals surface area contributed by atoms with Crippen molar-refractivity contribution in [2.45, 2.75) is 25.5 Å². The summed E-state index contributed by atoms with van der Waals surface area (Å²) in [5, 5.41) is 8.20. The van der Waals surface area contributed by atoms with Gasteiger partial charge in [0, 0.05) is 6.07 Å². The molecule has 1 aliphatic rings. The monoisotopic (exact) mass is 415 g/mol. The molecule has 1 aliphatic heterocycles. The average molecular weight is 416 g/mol. The van der Waals surface area contributed by atoms with E-state index in [1.54, 1.807) is 23.0 Å². The number of aromatic nitrogens is 2. The lowest BCUT2D eigenvalue weighted by Crippen LogP contribution is -2.23. The number of nitrogens with one attached hydrogen (secondary N) is 1. The smallest absolute Gasteiger partial charge is 0.228 e. The Bertz CT molecular complexity index is 1000. The van der Waals surface area contributed by atoms with E-state index >= 15 is 0 Å². The van der Waals surface area contributed by atoms with Gasteiger partial charge in [0.2, 0.25) is 5.91 Å². The number of carbonyl (C=O) groups is 1. The second-order valence-corrected chi connectivity index (χ2v) is 7.43. The Balaban J connectivity index is 1.45. The molecular formula is C21H19Cl2N3O2. The number of halogens is 2. The third-order valence-electron chi connectivity index (χ3n) is 4.80. The van der Waals surface area contributed by atoms with Crippen molar-refractivity contribution in [1.29, 1.82) is 0 Å². The van der Waals surface area contributed by atoms with E-state index in [0.717, 1.165) is 17.5 Å². The molecule has 0 fully saturated rings. The van der Waals surface area contributed by atoms with Crippen LogP contribution in [0.25, 0.3) is 0 Å². The van der Waals surface area contributed by atoms with Gasteiger partial charge in [-0.15, -0.1) is 0 Å². The molecule has 5 nitrogen and oxygen atoms in total. The van der Waals surface area contributed by atoms with Gasteiger partial charge in [-0.05, 0) is 29.2 Å². The number of hydrogen-bond donors (Lipinski definition) is 1. The molecule has 3 aromatic rings. The van der Waals surface area contributed by atoms with Crippen LogP contribution < -0.4 is 5.32 Å².